The van der Waals surface area contributed by atoms with E-state index in [2.05, 4.69) is 11.1 Å². The quantitative estimate of drug-likeness (QED) is 0.704. The van der Waals surface area contributed by atoms with E-state index in [1.54, 1.807) is 0 Å². The minimum Gasteiger partial charge on any atom is -0.307 e. The first-order valence-corrected chi connectivity index (χ1v) is 8.48. The molecule has 23 heavy (non-hydrogen) atoms. The van der Waals surface area contributed by atoms with Crippen LogP contribution in [-0.4, -0.2) is 17.4 Å². The molecule has 4 heteroatoms. The van der Waals surface area contributed by atoms with Gasteiger partial charge in [-0.05, 0) is 25.0 Å². The lowest BCUT2D eigenvalue weighted by Gasteiger charge is -2.16. The molecule has 0 N–H and O–H groups in total. The van der Waals surface area contributed by atoms with Crippen molar-refractivity contribution < 1.29 is 4.79 Å². The molecular formula is C19H16N2OS. The third-order valence-electron chi connectivity index (χ3n) is 4.14. The summed E-state index contributed by atoms with van der Waals surface area (Å²) in [6.07, 6.45) is 0.922. The minimum atomic E-state index is 0.0622. The maximum absolute atomic E-state index is 13.0. The molecule has 2 heterocycles. The summed E-state index contributed by atoms with van der Waals surface area (Å²) in [6, 6.07) is 18.1. The summed E-state index contributed by atoms with van der Waals surface area (Å²) in [5.41, 5.74) is 4.14. The molecule has 1 aliphatic heterocycles. The average molecular weight is 320 g/mol. The number of carbonyl (C=O) groups excluding carboxylic acids is 1. The SMILES string of the molecule is Cc1nc(-c2ccccc2)sc1C(=O)N1CCc2ccccc21. The molecule has 0 aliphatic carbocycles. The molecule has 0 unspecified atom stereocenters. The molecule has 3 nitrogen and oxygen atoms in total. The molecule has 0 radical (unpaired) electrons. The summed E-state index contributed by atoms with van der Waals surface area (Å²) in [5.74, 6) is 0.0622. The normalized spacial score (nSPS) is 13.2. The molecule has 0 saturated heterocycles. The van der Waals surface area contributed by atoms with Gasteiger partial charge in [-0.15, -0.1) is 11.3 Å². The molecule has 1 aromatic heterocycles. The third kappa shape index (κ3) is 2.45. The van der Waals surface area contributed by atoms with Gasteiger partial charge in [0.2, 0.25) is 0 Å². The van der Waals surface area contributed by atoms with Crippen LogP contribution < -0.4 is 4.90 Å². The van der Waals surface area contributed by atoms with Crippen LogP contribution in [0.1, 0.15) is 20.9 Å². The van der Waals surface area contributed by atoms with E-state index in [1.807, 2.05) is 60.4 Å². The van der Waals surface area contributed by atoms with E-state index >= 15 is 0 Å². The van der Waals surface area contributed by atoms with Gasteiger partial charge in [-0.3, -0.25) is 4.79 Å². The Morgan fingerprint density at radius 3 is 2.65 bits per heavy atom. The monoisotopic (exact) mass is 320 g/mol. The van der Waals surface area contributed by atoms with Crippen LogP contribution in [0, 0.1) is 6.92 Å². The Morgan fingerprint density at radius 2 is 1.83 bits per heavy atom. The molecule has 0 atom stereocenters. The minimum absolute atomic E-state index is 0.0622. The second-order valence-electron chi connectivity index (χ2n) is 5.64. The number of nitrogens with zero attached hydrogens (tertiary/aromatic N) is 2. The zero-order valence-electron chi connectivity index (χ0n) is 12.8. The molecule has 0 spiro atoms. The van der Waals surface area contributed by atoms with Gasteiger partial charge in [-0.1, -0.05) is 48.5 Å². The highest BCUT2D eigenvalue weighted by Crippen LogP contribution is 2.33. The highest BCUT2D eigenvalue weighted by atomic mass is 32.1. The van der Waals surface area contributed by atoms with Gasteiger partial charge < -0.3 is 4.90 Å². The van der Waals surface area contributed by atoms with Crippen LogP contribution in [-0.2, 0) is 6.42 Å². The summed E-state index contributed by atoms with van der Waals surface area (Å²) in [7, 11) is 0. The van der Waals surface area contributed by atoms with Gasteiger partial charge in [0.15, 0.2) is 0 Å². The lowest BCUT2D eigenvalue weighted by atomic mass is 10.2. The van der Waals surface area contributed by atoms with Crippen molar-refractivity contribution in [3.63, 3.8) is 0 Å². The summed E-state index contributed by atoms with van der Waals surface area (Å²) in [4.78, 5) is 20.2. The van der Waals surface area contributed by atoms with E-state index < -0.39 is 0 Å². The zero-order valence-corrected chi connectivity index (χ0v) is 13.6. The standard InChI is InChI=1S/C19H16N2OS/c1-13-17(23-18(20-13)15-8-3-2-4-9-15)19(22)21-12-11-14-7-5-6-10-16(14)21/h2-10H,11-12H2,1H3. The molecule has 0 fully saturated rings. The number of hydrogen-bond donors (Lipinski definition) is 0. The summed E-state index contributed by atoms with van der Waals surface area (Å²) in [6.45, 7) is 2.66. The van der Waals surface area contributed by atoms with Crippen molar-refractivity contribution in [2.75, 3.05) is 11.4 Å². The Kier molecular flexibility index (Phi) is 3.46. The summed E-state index contributed by atoms with van der Waals surface area (Å²) < 4.78 is 0. The van der Waals surface area contributed by atoms with Crippen LogP contribution >= 0.6 is 11.3 Å². The number of fused-ring (bicyclic) bond motifs is 1. The fourth-order valence-corrected chi connectivity index (χ4v) is 3.99. The van der Waals surface area contributed by atoms with E-state index in [-0.39, 0.29) is 5.91 Å². The second-order valence-corrected chi connectivity index (χ2v) is 6.63. The second kappa shape index (κ2) is 5.63. The molecule has 0 bridgehead atoms. The van der Waals surface area contributed by atoms with Gasteiger partial charge in [-0.25, -0.2) is 4.98 Å². The fourth-order valence-electron chi connectivity index (χ4n) is 2.97. The molecular weight excluding hydrogens is 304 g/mol. The van der Waals surface area contributed by atoms with Crippen LogP contribution in [0.2, 0.25) is 0 Å². The van der Waals surface area contributed by atoms with Gasteiger partial charge in [0.25, 0.3) is 5.91 Å². The Morgan fingerprint density at radius 1 is 1.09 bits per heavy atom. The van der Waals surface area contributed by atoms with Gasteiger partial charge in [0.05, 0.1) is 5.69 Å². The third-order valence-corrected chi connectivity index (χ3v) is 5.34. The Balaban J connectivity index is 1.69. The van der Waals surface area contributed by atoms with Crippen LogP contribution in [0.15, 0.2) is 54.6 Å². The number of aromatic nitrogens is 1. The van der Waals surface area contributed by atoms with Gasteiger partial charge in [-0.2, -0.15) is 0 Å². The first-order valence-electron chi connectivity index (χ1n) is 7.66. The highest BCUT2D eigenvalue weighted by molar-refractivity contribution is 7.17. The lowest BCUT2D eigenvalue weighted by molar-refractivity contribution is 0.0992. The van der Waals surface area contributed by atoms with E-state index in [9.17, 15) is 4.79 Å². The Hall–Kier alpha value is -2.46. The van der Waals surface area contributed by atoms with Crippen LogP contribution in [0.25, 0.3) is 10.6 Å². The predicted octanol–water partition coefficient (Wildman–Crippen LogP) is 4.32. The fraction of sp³-hybridized carbons (Fsp3) is 0.158. The van der Waals surface area contributed by atoms with E-state index in [0.29, 0.717) is 0 Å². The first-order chi connectivity index (χ1) is 11.2. The number of thiazole rings is 1. The number of aryl methyl sites for hydroxylation is 1. The summed E-state index contributed by atoms with van der Waals surface area (Å²) in [5, 5.41) is 0.902. The predicted molar refractivity (Wildman–Crippen MR) is 94.1 cm³/mol. The molecule has 3 aromatic rings. The van der Waals surface area contributed by atoms with Crippen molar-refractivity contribution in [3.8, 4) is 10.6 Å². The number of benzene rings is 2. The molecule has 4 rings (SSSR count). The zero-order chi connectivity index (χ0) is 15.8. The lowest BCUT2D eigenvalue weighted by Crippen LogP contribution is -2.28. The first kappa shape index (κ1) is 14.2. The maximum atomic E-state index is 13.0. The van der Waals surface area contributed by atoms with Crippen molar-refractivity contribution in [1.82, 2.24) is 4.98 Å². The highest BCUT2D eigenvalue weighted by Gasteiger charge is 2.28. The van der Waals surface area contributed by atoms with Crippen LogP contribution in [0.5, 0.6) is 0 Å². The summed E-state index contributed by atoms with van der Waals surface area (Å²) >= 11 is 1.48. The van der Waals surface area contributed by atoms with Gasteiger partial charge in [0, 0.05) is 17.8 Å². The van der Waals surface area contributed by atoms with Crippen molar-refractivity contribution in [3.05, 3.63) is 70.7 Å². The van der Waals surface area contributed by atoms with Crippen molar-refractivity contribution >= 4 is 22.9 Å². The number of amides is 1. The van der Waals surface area contributed by atoms with Crippen LogP contribution in [0.3, 0.4) is 0 Å². The Bertz CT molecular complexity index is 870. The molecule has 1 aliphatic rings. The Labute approximate surface area is 139 Å². The van der Waals surface area contributed by atoms with Gasteiger partial charge in [0.1, 0.15) is 9.88 Å². The topological polar surface area (TPSA) is 33.2 Å². The number of carbonyl (C=O) groups is 1. The average Bonchev–Trinajstić information content (AvgIpc) is 3.19. The van der Waals surface area contributed by atoms with E-state index in [4.69, 9.17) is 0 Å². The molecule has 114 valence electrons. The number of hydrogen-bond acceptors (Lipinski definition) is 3. The van der Waals surface area contributed by atoms with E-state index in [1.165, 1.54) is 16.9 Å². The number of anilines is 1. The van der Waals surface area contributed by atoms with E-state index in [0.717, 1.165) is 39.8 Å². The number of rotatable bonds is 2. The largest absolute Gasteiger partial charge is 0.307 e. The molecule has 0 saturated carbocycles. The number of para-hydroxylation sites is 1. The van der Waals surface area contributed by atoms with Crippen molar-refractivity contribution in [2.24, 2.45) is 0 Å². The van der Waals surface area contributed by atoms with Gasteiger partial charge >= 0.3 is 0 Å². The smallest absolute Gasteiger partial charge is 0.270 e. The maximum Gasteiger partial charge on any atom is 0.270 e. The molecule has 2 aromatic carbocycles. The van der Waals surface area contributed by atoms with Crippen LogP contribution in [0.4, 0.5) is 5.69 Å². The molecule has 1 amide bonds. The van der Waals surface area contributed by atoms with Crippen molar-refractivity contribution in [2.45, 2.75) is 13.3 Å². The van der Waals surface area contributed by atoms with Crippen molar-refractivity contribution in [1.29, 1.82) is 0 Å².